The van der Waals surface area contributed by atoms with Crippen LogP contribution in [0.1, 0.15) is 12.0 Å². The molecule has 1 aromatic heterocycles. The monoisotopic (exact) mass is 284 g/mol. The molecular weight excluding hydrogens is 272 g/mol. The molecule has 1 aliphatic heterocycles. The molecule has 0 spiro atoms. The second-order valence-corrected chi connectivity index (χ2v) is 4.83. The van der Waals surface area contributed by atoms with E-state index >= 15 is 0 Å². The molecule has 1 aliphatic rings. The van der Waals surface area contributed by atoms with Gasteiger partial charge in [0, 0.05) is 31.7 Å². The lowest BCUT2D eigenvalue weighted by Crippen LogP contribution is -2.25. The second-order valence-electron chi connectivity index (χ2n) is 4.08. The average Bonchev–Trinajstić information content (AvgIpc) is 2.63. The van der Waals surface area contributed by atoms with E-state index in [2.05, 4.69) is 20.9 Å². The highest BCUT2D eigenvalue weighted by Gasteiger charge is 2.31. The number of pyridine rings is 1. The van der Waals surface area contributed by atoms with Gasteiger partial charge in [0.1, 0.15) is 4.60 Å². The third-order valence-corrected chi connectivity index (χ3v) is 3.32. The summed E-state index contributed by atoms with van der Waals surface area (Å²) in [5, 5.41) is 9.07. The molecule has 0 bridgehead atoms. The normalized spacial score (nSPS) is 20.6. The maximum atomic E-state index is 11.8. The molecule has 1 saturated heterocycles. The fraction of sp³-hybridized carbons (Fsp3) is 0.455. The number of anilines is 1. The second kappa shape index (κ2) is 4.51. The van der Waals surface area contributed by atoms with E-state index in [-0.39, 0.29) is 18.4 Å². The van der Waals surface area contributed by atoms with E-state index in [0.29, 0.717) is 17.6 Å². The van der Waals surface area contributed by atoms with Crippen molar-refractivity contribution < 1.29 is 9.90 Å². The summed E-state index contributed by atoms with van der Waals surface area (Å²) in [5.41, 5.74) is 1.80. The number of carbonyl (C=O) groups is 1. The zero-order valence-corrected chi connectivity index (χ0v) is 10.6. The van der Waals surface area contributed by atoms with Crippen LogP contribution in [-0.4, -0.2) is 29.1 Å². The van der Waals surface area contributed by atoms with Gasteiger partial charge in [0.05, 0.1) is 5.69 Å². The maximum Gasteiger partial charge on any atom is 0.227 e. The van der Waals surface area contributed by atoms with Crippen molar-refractivity contribution >= 4 is 27.5 Å². The van der Waals surface area contributed by atoms with Gasteiger partial charge in [-0.1, -0.05) is 0 Å². The minimum Gasteiger partial charge on any atom is -0.396 e. The molecule has 2 rings (SSSR count). The van der Waals surface area contributed by atoms with Crippen LogP contribution in [0.4, 0.5) is 5.69 Å². The van der Waals surface area contributed by atoms with E-state index in [9.17, 15) is 4.79 Å². The number of aliphatic hydroxyl groups is 1. The summed E-state index contributed by atoms with van der Waals surface area (Å²) in [5.74, 6) is 0.0899. The van der Waals surface area contributed by atoms with Gasteiger partial charge in [0.25, 0.3) is 0 Å². The van der Waals surface area contributed by atoms with Gasteiger partial charge < -0.3 is 10.0 Å². The van der Waals surface area contributed by atoms with Crippen molar-refractivity contribution in [3.8, 4) is 0 Å². The molecule has 1 unspecified atom stereocenters. The molecule has 16 heavy (non-hydrogen) atoms. The first-order valence-corrected chi connectivity index (χ1v) is 5.94. The Morgan fingerprint density at radius 2 is 2.44 bits per heavy atom. The third kappa shape index (κ3) is 2.10. The zero-order valence-electron chi connectivity index (χ0n) is 8.98. The van der Waals surface area contributed by atoms with Gasteiger partial charge in [-0.05, 0) is 34.5 Å². The average molecular weight is 285 g/mol. The summed E-state index contributed by atoms with van der Waals surface area (Å²) in [7, 11) is 0. The Balaban J connectivity index is 2.30. The number of nitrogens with zero attached hydrogens (tertiary/aromatic N) is 2. The lowest BCUT2D eigenvalue weighted by atomic mass is 10.1. The van der Waals surface area contributed by atoms with Crippen molar-refractivity contribution in [2.75, 3.05) is 18.1 Å². The van der Waals surface area contributed by atoms with Crippen molar-refractivity contribution in [2.45, 2.75) is 13.3 Å². The maximum absolute atomic E-state index is 11.8. The first-order chi connectivity index (χ1) is 7.61. The largest absolute Gasteiger partial charge is 0.396 e. The van der Waals surface area contributed by atoms with Gasteiger partial charge in [0.15, 0.2) is 0 Å². The van der Waals surface area contributed by atoms with Crippen molar-refractivity contribution in [3.63, 3.8) is 0 Å². The molecule has 0 aliphatic carbocycles. The Morgan fingerprint density at radius 3 is 3.06 bits per heavy atom. The molecular formula is C11H13BrN2O2. The summed E-state index contributed by atoms with van der Waals surface area (Å²) in [6.45, 7) is 2.56. The number of aromatic nitrogens is 1. The third-order valence-electron chi connectivity index (χ3n) is 2.71. The first-order valence-electron chi connectivity index (χ1n) is 5.15. The number of rotatable bonds is 2. The van der Waals surface area contributed by atoms with Gasteiger partial charge in [-0.2, -0.15) is 0 Å². The molecule has 86 valence electrons. The molecule has 1 fully saturated rings. The molecule has 4 nitrogen and oxygen atoms in total. The zero-order chi connectivity index (χ0) is 11.7. The van der Waals surface area contributed by atoms with Crippen molar-refractivity contribution in [3.05, 3.63) is 22.4 Å². The van der Waals surface area contributed by atoms with Crippen LogP contribution >= 0.6 is 15.9 Å². The predicted molar refractivity (Wildman–Crippen MR) is 64.2 cm³/mol. The van der Waals surface area contributed by atoms with E-state index in [0.717, 1.165) is 11.3 Å². The number of carbonyl (C=O) groups excluding carboxylic acids is 1. The van der Waals surface area contributed by atoms with E-state index in [1.54, 1.807) is 11.1 Å². The van der Waals surface area contributed by atoms with Crippen LogP contribution in [0.15, 0.2) is 16.9 Å². The number of amides is 1. The Morgan fingerprint density at radius 1 is 1.69 bits per heavy atom. The van der Waals surface area contributed by atoms with Crippen molar-refractivity contribution in [2.24, 2.45) is 5.92 Å². The van der Waals surface area contributed by atoms with Crippen LogP contribution < -0.4 is 4.90 Å². The summed E-state index contributed by atoms with van der Waals surface area (Å²) in [6.07, 6.45) is 2.16. The standard InChI is InChI=1S/C11H13BrN2O2/c1-7-2-9(11(12)13-4-7)14-5-8(6-15)3-10(14)16/h2,4,8,15H,3,5-6H2,1H3. The molecule has 5 heteroatoms. The molecule has 0 radical (unpaired) electrons. The topological polar surface area (TPSA) is 53.4 Å². The lowest BCUT2D eigenvalue weighted by Gasteiger charge is -2.17. The molecule has 2 heterocycles. The van der Waals surface area contributed by atoms with E-state index < -0.39 is 0 Å². The van der Waals surface area contributed by atoms with Gasteiger partial charge >= 0.3 is 0 Å². The Bertz CT molecular complexity index is 422. The Hall–Kier alpha value is -0.940. The highest BCUT2D eigenvalue weighted by Crippen LogP contribution is 2.30. The number of aryl methyl sites for hydroxylation is 1. The molecule has 0 aromatic carbocycles. The highest BCUT2D eigenvalue weighted by atomic mass is 79.9. The molecule has 1 N–H and O–H groups in total. The van der Waals surface area contributed by atoms with Gasteiger partial charge in [-0.3, -0.25) is 4.79 Å². The van der Waals surface area contributed by atoms with Crippen LogP contribution in [0.5, 0.6) is 0 Å². The van der Waals surface area contributed by atoms with E-state index in [1.165, 1.54) is 0 Å². The number of hydrogen-bond donors (Lipinski definition) is 1. The summed E-state index contributed by atoms with van der Waals surface area (Å²) < 4.78 is 0.671. The first kappa shape index (κ1) is 11.5. The highest BCUT2D eigenvalue weighted by molar-refractivity contribution is 9.10. The molecule has 1 aromatic rings. The smallest absolute Gasteiger partial charge is 0.227 e. The van der Waals surface area contributed by atoms with Crippen LogP contribution in [0.3, 0.4) is 0 Å². The molecule has 1 atom stereocenters. The minimum absolute atomic E-state index is 0.0416. The van der Waals surface area contributed by atoms with Crippen LogP contribution in [0.2, 0.25) is 0 Å². The predicted octanol–water partition coefficient (Wildman–Crippen LogP) is 1.50. The summed E-state index contributed by atoms with van der Waals surface area (Å²) >= 11 is 3.34. The van der Waals surface area contributed by atoms with Gasteiger partial charge in [0.2, 0.25) is 5.91 Å². The summed E-state index contributed by atoms with van der Waals surface area (Å²) in [4.78, 5) is 17.6. The Labute approximate surface area is 102 Å². The van der Waals surface area contributed by atoms with Crippen LogP contribution in [0.25, 0.3) is 0 Å². The summed E-state index contributed by atoms with van der Waals surface area (Å²) in [6, 6.07) is 1.93. The SMILES string of the molecule is Cc1cnc(Br)c(N2CC(CO)CC2=O)c1. The van der Waals surface area contributed by atoms with Crippen molar-refractivity contribution in [1.29, 1.82) is 0 Å². The molecule has 1 amide bonds. The van der Waals surface area contributed by atoms with E-state index in [1.807, 2.05) is 13.0 Å². The quantitative estimate of drug-likeness (QED) is 0.838. The van der Waals surface area contributed by atoms with Gasteiger partial charge in [-0.25, -0.2) is 4.98 Å². The van der Waals surface area contributed by atoms with Crippen LogP contribution in [0, 0.1) is 12.8 Å². The number of halogens is 1. The van der Waals surface area contributed by atoms with E-state index in [4.69, 9.17) is 5.11 Å². The fourth-order valence-corrected chi connectivity index (χ4v) is 2.29. The van der Waals surface area contributed by atoms with Crippen LogP contribution in [-0.2, 0) is 4.79 Å². The Kier molecular flexibility index (Phi) is 3.25. The lowest BCUT2D eigenvalue weighted by molar-refractivity contribution is -0.117. The molecule has 0 saturated carbocycles. The number of hydrogen-bond acceptors (Lipinski definition) is 3. The minimum atomic E-state index is 0.0416. The number of aliphatic hydroxyl groups excluding tert-OH is 1. The van der Waals surface area contributed by atoms with Gasteiger partial charge in [-0.15, -0.1) is 0 Å². The van der Waals surface area contributed by atoms with Crippen molar-refractivity contribution in [1.82, 2.24) is 4.98 Å². The fourth-order valence-electron chi connectivity index (χ4n) is 1.86.